The lowest BCUT2D eigenvalue weighted by Crippen LogP contribution is -2.10. The lowest BCUT2D eigenvalue weighted by atomic mass is 10.1. The van der Waals surface area contributed by atoms with E-state index in [1.165, 1.54) is 36.0 Å². The van der Waals surface area contributed by atoms with Gasteiger partial charge in [0.15, 0.2) is 0 Å². The smallest absolute Gasteiger partial charge is 0.107 e. The summed E-state index contributed by atoms with van der Waals surface area (Å²) >= 11 is 0. The molecular formula is C15H19N3. The molecule has 0 bridgehead atoms. The van der Waals surface area contributed by atoms with Gasteiger partial charge in [0.05, 0.1) is 11.9 Å². The maximum atomic E-state index is 4.43. The molecule has 3 nitrogen and oxygen atoms in total. The molecule has 0 spiro atoms. The molecule has 1 aliphatic rings. The molecule has 18 heavy (non-hydrogen) atoms. The van der Waals surface area contributed by atoms with Gasteiger partial charge in [0.25, 0.3) is 0 Å². The first-order valence-corrected chi connectivity index (χ1v) is 6.67. The largest absolute Gasteiger partial charge is 0.342 e. The van der Waals surface area contributed by atoms with Crippen LogP contribution in [-0.4, -0.2) is 23.6 Å². The Balaban J connectivity index is 1.83. The number of benzene rings is 1. The number of fused-ring (bicyclic) bond motifs is 1. The highest BCUT2D eigenvalue weighted by atomic mass is 14.9. The van der Waals surface area contributed by atoms with Crippen LogP contribution in [0.1, 0.15) is 23.4 Å². The highest BCUT2D eigenvalue weighted by Crippen LogP contribution is 2.27. The summed E-state index contributed by atoms with van der Waals surface area (Å²) in [7, 11) is 1.96. The first kappa shape index (κ1) is 11.5. The monoisotopic (exact) mass is 241 g/mol. The Bertz CT molecular complexity index is 542. The molecule has 3 heteroatoms. The van der Waals surface area contributed by atoms with Crippen LogP contribution in [0.3, 0.4) is 0 Å². The molecule has 0 radical (unpaired) electrons. The third kappa shape index (κ3) is 2.18. The van der Waals surface area contributed by atoms with E-state index in [4.69, 9.17) is 0 Å². The summed E-state index contributed by atoms with van der Waals surface area (Å²) in [6, 6.07) is 6.79. The fourth-order valence-corrected chi connectivity index (χ4v) is 2.62. The SMILES string of the molecule is CNCCc1ncc(-c2ccc3c(c2)CCC3)[nH]1. The summed E-state index contributed by atoms with van der Waals surface area (Å²) in [5.74, 6) is 1.06. The Hall–Kier alpha value is -1.61. The molecule has 2 aromatic rings. The highest BCUT2D eigenvalue weighted by molar-refractivity contribution is 5.61. The third-order valence-electron chi connectivity index (χ3n) is 3.65. The second-order valence-corrected chi connectivity index (χ2v) is 4.93. The summed E-state index contributed by atoms with van der Waals surface area (Å²) in [6.07, 6.45) is 6.66. The van der Waals surface area contributed by atoms with E-state index >= 15 is 0 Å². The summed E-state index contributed by atoms with van der Waals surface area (Å²) < 4.78 is 0. The summed E-state index contributed by atoms with van der Waals surface area (Å²) in [5.41, 5.74) is 5.43. The number of aromatic nitrogens is 2. The van der Waals surface area contributed by atoms with Crippen LogP contribution in [0.15, 0.2) is 24.4 Å². The molecule has 0 saturated heterocycles. The lowest BCUT2D eigenvalue weighted by Gasteiger charge is -2.02. The number of nitrogens with one attached hydrogen (secondary N) is 2. The van der Waals surface area contributed by atoms with E-state index in [1.807, 2.05) is 13.2 Å². The Labute approximate surface area is 108 Å². The van der Waals surface area contributed by atoms with E-state index in [2.05, 4.69) is 33.5 Å². The molecule has 3 rings (SSSR count). The van der Waals surface area contributed by atoms with E-state index in [0.717, 1.165) is 24.5 Å². The summed E-state index contributed by atoms with van der Waals surface area (Å²) in [6.45, 7) is 0.955. The van der Waals surface area contributed by atoms with Crippen molar-refractivity contribution in [3.8, 4) is 11.3 Å². The fourth-order valence-electron chi connectivity index (χ4n) is 2.62. The molecule has 1 heterocycles. The average Bonchev–Trinajstić information content (AvgIpc) is 3.04. The second kappa shape index (κ2) is 4.94. The Kier molecular flexibility index (Phi) is 3.15. The van der Waals surface area contributed by atoms with Gasteiger partial charge in [-0.05, 0) is 49.1 Å². The van der Waals surface area contributed by atoms with Crippen molar-refractivity contribution in [1.82, 2.24) is 15.3 Å². The zero-order valence-electron chi connectivity index (χ0n) is 10.8. The van der Waals surface area contributed by atoms with Gasteiger partial charge < -0.3 is 10.3 Å². The predicted octanol–water partition coefficient (Wildman–Crippen LogP) is 2.33. The Morgan fingerprint density at radius 3 is 3.06 bits per heavy atom. The molecule has 94 valence electrons. The van der Waals surface area contributed by atoms with E-state index in [0.29, 0.717) is 0 Å². The maximum absolute atomic E-state index is 4.43. The molecule has 0 amide bonds. The maximum Gasteiger partial charge on any atom is 0.107 e. The molecule has 0 aliphatic heterocycles. The van der Waals surface area contributed by atoms with Gasteiger partial charge in [-0.15, -0.1) is 0 Å². The van der Waals surface area contributed by atoms with E-state index < -0.39 is 0 Å². The van der Waals surface area contributed by atoms with Gasteiger partial charge in [-0.25, -0.2) is 4.98 Å². The van der Waals surface area contributed by atoms with Gasteiger partial charge in [-0.3, -0.25) is 0 Å². The number of hydrogen-bond donors (Lipinski definition) is 2. The first-order valence-electron chi connectivity index (χ1n) is 6.67. The normalized spacial score (nSPS) is 13.8. The van der Waals surface area contributed by atoms with E-state index in [-0.39, 0.29) is 0 Å². The minimum atomic E-state index is 0.946. The van der Waals surface area contributed by atoms with Gasteiger partial charge >= 0.3 is 0 Å². The van der Waals surface area contributed by atoms with Gasteiger partial charge in [0, 0.05) is 13.0 Å². The van der Waals surface area contributed by atoms with E-state index in [9.17, 15) is 0 Å². The van der Waals surface area contributed by atoms with Crippen LogP contribution in [0.2, 0.25) is 0 Å². The third-order valence-corrected chi connectivity index (χ3v) is 3.65. The molecule has 2 N–H and O–H groups in total. The van der Waals surface area contributed by atoms with Crippen molar-refractivity contribution >= 4 is 0 Å². The Morgan fingerprint density at radius 1 is 1.28 bits per heavy atom. The van der Waals surface area contributed by atoms with Crippen LogP contribution in [0.4, 0.5) is 0 Å². The van der Waals surface area contributed by atoms with Crippen molar-refractivity contribution in [2.24, 2.45) is 0 Å². The van der Waals surface area contributed by atoms with Crippen LogP contribution in [0.25, 0.3) is 11.3 Å². The second-order valence-electron chi connectivity index (χ2n) is 4.93. The summed E-state index contributed by atoms with van der Waals surface area (Å²) in [5, 5.41) is 3.14. The molecular weight excluding hydrogens is 222 g/mol. The van der Waals surface area contributed by atoms with Crippen molar-refractivity contribution in [3.63, 3.8) is 0 Å². The van der Waals surface area contributed by atoms with Crippen LogP contribution in [-0.2, 0) is 19.3 Å². The number of H-pyrrole nitrogens is 1. The van der Waals surface area contributed by atoms with Crippen molar-refractivity contribution in [2.45, 2.75) is 25.7 Å². The van der Waals surface area contributed by atoms with Crippen molar-refractivity contribution in [1.29, 1.82) is 0 Å². The predicted molar refractivity (Wildman–Crippen MR) is 73.7 cm³/mol. The van der Waals surface area contributed by atoms with Crippen LogP contribution in [0.5, 0.6) is 0 Å². The first-order chi connectivity index (χ1) is 8.86. The molecule has 1 aliphatic carbocycles. The van der Waals surface area contributed by atoms with E-state index in [1.54, 1.807) is 0 Å². The fraction of sp³-hybridized carbons (Fsp3) is 0.400. The van der Waals surface area contributed by atoms with Gasteiger partial charge in [-0.2, -0.15) is 0 Å². The number of rotatable bonds is 4. The standard InChI is InChI=1S/C15H19N3/c1-16-8-7-15-17-10-14(18-15)13-6-5-11-3-2-4-12(11)9-13/h5-6,9-10,16H,2-4,7-8H2,1H3,(H,17,18). The Morgan fingerprint density at radius 2 is 2.17 bits per heavy atom. The topological polar surface area (TPSA) is 40.7 Å². The number of likely N-dealkylation sites (N-methyl/N-ethyl adjacent to an activating group) is 1. The summed E-state index contributed by atoms with van der Waals surface area (Å²) in [4.78, 5) is 7.83. The molecule has 1 aromatic heterocycles. The number of imidazole rings is 1. The average molecular weight is 241 g/mol. The quantitative estimate of drug-likeness (QED) is 0.862. The van der Waals surface area contributed by atoms with Crippen molar-refractivity contribution < 1.29 is 0 Å². The lowest BCUT2D eigenvalue weighted by molar-refractivity contribution is 0.764. The van der Waals surface area contributed by atoms with Crippen LogP contribution >= 0.6 is 0 Å². The number of hydrogen-bond acceptors (Lipinski definition) is 2. The molecule has 0 saturated carbocycles. The molecule has 0 unspecified atom stereocenters. The molecule has 1 aromatic carbocycles. The highest BCUT2D eigenvalue weighted by Gasteiger charge is 2.12. The van der Waals surface area contributed by atoms with Crippen molar-refractivity contribution in [3.05, 3.63) is 41.3 Å². The number of aromatic amines is 1. The van der Waals surface area contributed by atoms with Crippen molar-refractivity contribution in [2.75, 3.05) is 13.6 Å². The number of aryl methyl sites for hydroxylation is 2. The zero-order chi connectivity index (χ0) is 12.4. The van der Waals surface area contributed by atoms with Crippen LogP contribution in [0, 0.1) is 0 Å². The number of nitrogens with zero attached hydrogens (tertiary/aromatic N) is 1. The van der Waals surface area contributed by atoms with Crippen LogP contribution < -0.4 is 5.32 Å². The minimum absolute atomic E-state index is 0.946. The minimum Gasteiger partial charge on any atom is -0.342 e. The molecule has 0 fully saturated rings. The molecule has 0 atom stereocenters. The van der Waals surface area contributed by atoms with Gasteiger partial charge in [0.2, 0.25) is 0 Å². The van der Waals surface area contributed by atoms with Gasteiger partial charge in [0.1, 0.15) is 5.82 Å². The zero-order valence-corrected chi connectivity index (χ0v) is 10.8. The van der Waals surface area contributed by atoms with Gasteiger partial charge in [-0.1, -0.05) is 12.1 Å².